The fourth-order valence-electron chi connectivity index (χ4n) is 2.47. The molecule has 5 nitrogen and oxygen atoms in total. The lowest BCUT2D eigenvalue weighted by Crippen LogP contribution is -2.26. The third-order valence-electron chi connectivity index (χ3n) is 3.45. The monoisotopic (exact) mass is 278 g/mol. The van der Waals surface area contributed by atoms with Crippen molar-refractivity contribution in [2.24, 2.45) is 5.73 Å². The average Bonchev–Trinajstić information content (AvgIpc) is 2.47. The van der Waals surface area contributed by atoms with Gasteiger partial charge in [0.25, 0.3) is 5.91 Å². The summed E-state index contributed by atoms with van der Waals surface area (Å²) in [6.07, 6.45) is 2.26. The lowest BCUT2D eigenvalue weighted by molar-refractivity contribution is -0.119. The van der Waals surface area contributed by atoms with Crippen LogP contribution in [0.4, 0.5) is 0 Å². The van der Waals surface area contributed by atoms with Crippen LogP contribution >= 0.6 is 0 Å². The van der Waals surface area contributed by atoms with E-state index in [1.807, 2.05) is 19.1 Å². The highest BCUT2D eigenvalue weighted by Gasteiger charge is 2.17. The number of nitrogens with one attached hydrogen (secondary N) is 1. The minimum Gasteiger partial charge on any atom is -0.490 e. The molecule has 110 valence electrons. The topological polar surface area (TPSA) is 73.6 Å². The first-order valence-electron chi connectivity index (χ1n) is 7.09. The largest absolute Gasteiger partial charge is 0.490 e. The molecule has 0 bridgehead atoms. The van der Waals surface area contributed by atoms with Crippen LogP contribution in [-0.4, -0.2) is 32.2 Å². The molecule has 0 saturated carbocycles. The van der Waals surface area contributed by atoms with Crippen LogP contribution in [0.3, 0.4) is 0 Å². The highest BCUT2D eigenvalue weighted by atomic mass is 16.5. The number of ether oxygens (including phenoxy) is 2. The second-order valence-electron chi connectivity index (χ2n) is 4.92. The van der Waals surface area contributed by atoms with Gasteiger partial charge < -0.3 is 20.5 Å². The van der Waals surface area contributed by atoms with Gasteiger partial charge in [-0.25, -0.2) is 0 Å². The zero-order chi connectivity index (χ0) is 14.4. The van der Waals surface area contributed by atoms with Crippen molar-refractivity contribution in [3.8, 4) is 11.5 Å². The second-order valence-corrected chi connectivity index (χ2v) is 4.92. The van der Waals surface area contributed by atoms with E-state index in [1.54, 1.807) is 0 Å². The van der Waals surface area contributed by atoms with E-state index in [9.17, 15) is 4.79 Å². The molecule has 1 aromatic rings. The maximum Gasteiger partial charge on any atom is 0.255 e. The Morgan fingerprint density at radius 1 is 1.30 bits per heavy atom. The van der Waals surface area contributed by atoms with Crippen LogP contribution in [0.5, 0.6) is 11.5 Å². The van der Waals surface area contributed by atoms with Crippen LogP contribution < -0.4 is 20.5 Å². The van der Waals surface area contributed by atoms with Crippen LogP contribution in [0, 0.1) is 0 Å². The Labute approximate surface area is 119 Å². The Bertz CT molecular complexity index is 456. The predicted molar refractivity (Wildman–Crippen MR) is 77.1 cm³/mol. The molecule has 1 aromatic carbocycles. The lowest BCUT2D eigenvalue weighted by atomic mass is 9.90. The first kappa shape index (κ1) is 14.7. The first-order valence-corrected chi connectivity index (χ1v) is 7.09. The number of carbonyl (C=O) groups is 1. The Morgan fingerprint density at radius 2 is 2.05 bits per heavy atom. The summed E-state index contributed by atoms with van der Waals surface area (Å²) >= 11 is 0. The molecule has 1 amide bonds. The predicted octanol–water partition coefficient (Wildman–Crippen LogP) is 1.42. The summed E-state index contributed by atoms with van der Waals surface area (Å²) in [6, 6.07) is 5.94. The molecule has 0 aromatic heterocycles. The molecule has 0 atom stereocenters. The third-order valence-corrected chi connectivity index (χ3v) is 3.45. The van der Waals surface area contributed by atoms with E-state index in [0.29, 0.717) is 24.0 Å². The van der Waals surface area contributed by atoms with Crippen molar-refractivity contribution < 1.29 is 14.3 Å². The van der Waals surface area contributed by atoms with Gasteiger partial charge in [-0.3, -0.25) is 4.79 Å². The lowest BCUT2D eigenvalue weighted by Gasteiger charge is -2.24. The summed E-state index contributed by atoms with van der Waals surface area (Å²) in [5.74, 6) is 1.32. The quantitative estimate of drug-likeness (QED) is 0.825. The van der Waals surface area contributed by atoms with Crippen molar-refractivity contribution in [2.45, 2.75) is 25.7 Å². The van der Waals surface area contributed by atoms with Gasteiger partial charge in [0.15, 0.2) is 18.1 Å². The van der Waals surface area contributed by atoms with Crippen molar-refractivity contribution in [2.75, 3.05) is 26.3 Å². The molecule has 5 heteroatoms. The summed E-state index contributed by atoms with van der Waals surface area (Å²) in [6.45, 7) is 4.45. The van der Waals surface area contributed by atoms with Crippen molar-refractivity contribution in [3.05, 3.63) is 23.8 Å². The Hall–Kier alpha value is -1.75. The molecule has 0 spiro atoms. The smallest absolute Gasteiger partial charge is 0.255 e. The highest BCUT2D eigenvalue weighted by molar-refractivity contribution is 5.75. The van der Waals surface area contributed by atoms with Crippen molar-refractivity contribution in [1.82, 2.24) is 5.32 Å². The normalized spacial score (nSPS) is 15.8. The van der Waals surface area contributed by atoms with E-state index < -0.39 is 5.91 Å². The summed E-state index contributed by atoms with van der Waals surface area (Å²) in [4.78, 5) is 10.8. The maximum absolute atomic E-state index is 10.8. The molecule has 2 rings (SSSR count). The maximum atomic E-state index is 10.8. The summed E-state index contributed by atoms with van der Waals surface area (Å²) in [5, 5.41) is 3.36. The SMILES string of the molecule is CCOc1cc(C2CCNCC2)ccc1OCC(N)=O. The first-order chi connectivity index (χ1) is 9.70. The van der Waals surface area contributed by atoms with Gasteiger partial charge in [0.1, 0.15) is 0 Å². The van der Waals surface area contributed by atoms with Crippen LogP contribution in [0.25, 0.3) is 0 Å². The molecular weight excluding hydrogens is 256 g/mol. The molecule has 1 heterocycles. The van der Waals surface area contributed by atoms with Gasteiger partial charge in [0, 0.05) is 0 Å². The van der Waals surface area contributed by atoms with E-state index in [1.165, 1.54) is 5.56 Å². The van der Waals surface area contributed by atoms with E-state index in [2.05, 4.69) is 11.4 Å². The van der Waals surface area contributed by atoms with Gasteiger partial charge in [-0.05, 0) is 56.5 Å². The van der Waals surface area contributed by atoms with E-state index >= 15 is 0 Å². The van der Waals surface area contributed by atoms with Gasteiger partial charge in [-0.1, -0.05) is 6.07 Å². The third kappa shape index (κ3) is 3.87. The van der Waals surface area contributed by atoms with Crippen molar-refractivity contribution in [1.29, 1.82) is 0 Å². The molecule has 0 radical (unpaired) electrons. The standard InChI is InChI=1S/C15H22N2O3/c1-2-19-14-9-12(11-5-7-17-8-6-11)3-4-13(14)20-10-15(16)18/h3-4,9,11,17H,2,5-8,10H2,1H3,(H2,16,18). The molecule has 0 aliphatic carbocycles. The van der Waals surface area contributed by atoms with Gasteiger partial charge in [-0.2, -0.15) is 0 Å². The van der Waals surface area contributed by atoms with Gasteiger partial charge in [0.05, 0.1) is 6.61 Å². The van der Waals surface area contributed by atoms with E-state index in [0.717, 1.165) is 25.9 Å². The number of piperidine rings is 1. The van der Waals surface area contributed by atoms with E-state index in [-0.39, 0.29) is 6.61 Å². The average molecular weight is 278 g/mol. The number of amides is 1. The molecule has 1 aliphatic rings. The molecule has 1 fully saturated rings. The van der Waals surface area contributed by atoms with Gasteiger partial charge in [-0.15, -0.1) is 0 Å². The number of rotatable bonds is 6. The fraction of sp³-hybridized carbons (Fsp3) is 0.533. The molecule has 20 heavy (non-hydrogen) atoms. The van der Waals surface area contributed by atoms with Gasteiger partial charge >= 0.3 is 0 Å². The number of carbonyl (C=O) groups excluding carboxylic acids is 1. The van der Waals surface area contributed by atoms with Crippen LogP contribution in [0.1, 0.15) is 31.2 Å². The number of nitrogens with two attached hydrogens (primary N) is 1. The summed E-state index contributed by atoms with van der Waals surface area (Å²) < 4.78 is 11.0. The molecular formula is C15H22N2O3. The highest BCUT2D eigenvalue weighted by Crippen LogP contribution is 2.34. The van der Waals surface area contributed by atoms with Crippen molar-refractivity contribution in [3.63, 3.8) is 0 Å². The molecule has 3 N–H and O–H groups in total. The fourth-order valence-corrected chi connectivity index (χ4v) is 2.47. The zero-order valence-corrected chi connectivity index (χ0v) is 11.9. The Morgan fingerprint density at radius 3 is 2.70 bits per heavy atom. The Balaban J connectivity index is 2.14. The molecule has 0 unspecified atom stereocenters. The van der Waals surface area contributed by atoms with Crippen LogP contribution in [-0.2, 0) is 4.79 Å². The van der Waals surface area contributed by atoms with Gasteiger partial charge in [0.2, 0.25) is 0 Å². The van der Waals surface area contributed by atoms with Crippen molar-refractivity contribution >= 4 is 5.91 Å². The molecule has 1 aliphatic heterocycles. The van der Waals surface area contributed by atoms with Crippen LogP contribution in [0.15, 0.2) is 18.2 Å². The minimum absolute atomic E-state index is 0.132. The summed E-state index contributed by atoms with van der Waals surface area (Å²) in [5.41, 5.74) is 6.36. The number of hydrogen-bond acceptors (Lipinski definition) is 4. The minimum atomic E-state index is -0.491. The zero-order valence-electron chi connectivity index (χ0n) is 11.9. The summed E-state index contributed by atoms with van der Waals surface area (Å²) in [7, 11) is 0. The Kier molecular flexibility index (Phi) is 5.24. The molecule has 1 saturated heterocycles. The van der Waals surface area contributed by atoms with E-state index in [4.69, 9.17) is 15.2 Å². The number of benzene rings is 1. The number of primary amides is 1. The van der Waals surface area contributed by atoms with Crippen LogP contribution in [0.2, 0.25) is 0 Å². The number of hydrogen-bond donors (Lipinski definition) is 2. The second kappa shape index (κ2) is 7.14.